The fourth-order valence-corrected chi connectivity index (χ4v) is 3.81. The number of hydrogen-bond acceptors (Lipinski definition) is 5. The Labute approximate surface area is 174 Å². The molecule has 0 unspecified atom stereocenters. The molecule has 1 amide bonds. The fraction of sp³-hybridized carbons (Fsp3) is 0.478. The molecule has 6 heteroatoms. The normalized spacial score (nSPS) is 15.6. The first-order valence-electron chi connectivity index (χ1n) is 10.3. The average Bonchev–Trinajstić information content (AvgIpc) is 2.68. The molecule has 0 bridgehead atoms. The highest BCUT2D eigenvalue weighted by Gasteiger charge is 2.24. The number of carbonyl (C=O) groups excluding carboxylic acids is 1. The van der Waals surface area contributed by atoms with E-state index in [0.29, 0.717) is 5.56 Å². The molecule has 1 N–H and O–H groups in total. The quantitative estimate of drug-likeness (QED) is 0.781. The van der Waals surface area contributed by atoms with E-state index < -0.39 is 0 Å². The van der Waals surface area contributed by atoms with Crippen LogP contribution in [0.5, 0.6) is 0 Å². The summed E-state index contributed by atoms with van der Waals surface area (Å²) in [6.45, 7) is 9.63. The number of rotatable bonds is 7. The maximum Gasteiger partial charge on any atom is 0.251 e. The number of amides is 1. The smallest absolute Gasteiger partial charge is 0.251 e. The van der Waals surface area contributed by atoms with Crippen molar-refractivity contribution in [2.24, 2.45) is 0 Å². The molecule has 1 saturated heterocycles. The standard InChI is InChI=1S/C23H33N5O/c1-23(2,18-27(4)17-19-8-6-5-7-9-19)25-22(29)20-10-11-24-21(16-20)28-14-12-26(3)13-15-28/h5-11,16H,12-15,17-18H2,1-4H3,(H,25,29). The van der Waals surface area contributed by atoms with Gasteiger partial charge in [-0.1, -0.05) is 30.3 Å². The van der Waals surface area contributed by atoms with Gasteiger partial charge in [0.25, 0.3) is 5.91 Å². The topological polar surface area (TPSA) is 51.7 Å². The van der Waals surface area contributed by atoms with E-state index in [1.807, 2.05) is 12.1 Å². The van der Waals surface area contributed by atoms with Gasteiger partial charge in [-0.3, -0.25) is 9.69 Å². The minimum absolute atomic E-state index is 0.0547. The molecule has 1 aromatic carbocycles. The van der Waals surface area contributed by atoms with Crippen LogP contribution in [-0.2, 0) is 6.54 Å². The molecule has 156 valence electrons. The first kappa shape index (κ1) is 21.3. The number of aromatic nitrogens is 1. The van der Waals surface area contributed by atoms with Crippen LogP contribution in [0.4, 0.5) is 5.82 Å². The van der Waals surface area contributed by atoms with Crippen LogP contribution in [0, 0.1) is 0 Å². The molecule has 6 nitrogen and oxygen atoms in total. The first-order valence-corrected chi connectivity index (χ1v) is 10.3. The number of piperazine rings is 1. The van der Waals surface area contributed by atoms with Gasteiger partial charge in [0, 0.05) is 56.6 Å². The minimum Gasteiger partial charge on any atom is -0.354 e. The molecule has 1 aliphatic heterocycles. The predicted octanol–water partition coefficient (Wildman–Crippen LogP) is 2.47. The molecule has 0 aliphatic carbocycles. The summed E-state index contributed by atoms with van der Waals surface area (Å²) in [5, 5.41) is 3.19. The Kier molecular flexibility index (Phi) is 6.87. The predicted molar refractivity (Wildman–Crippen MR) is 118 cm³/mol. The number of carbonyl (C=O) groups is 1. The van der Waals surface area contributed by atoms with Crippen LogP contribution < -0.4 is 10.2 Å². The van der Waals surface area contributed by atoms with E-state index in [-0.39, 0.29) is 11.4 Å². The molecule has 1 aromatic heterocycles. The molecule has 0 spiro atoms. The first-order chi connectivity index (χ1) is 13.8. The molecular formula is C23H33N5O. The second-order valence-corrected chi connectivity index (χ2v) is 8.69. The van der Waals surface area contributed by atoms with Crippen LogP contribution in [0.3, 0.4) is 0 Å². The van der Waals surface area contributed by atoms with Gasteiger partial charge in [0.1, 0.15) is 5.82 Å². The Bertz CT molecular complexity index is 800. The Morgan fingerprint density at radius 3 is 2.52 bits per heavy atom. The molecule has 1 fully saturated rings. The molecule has 0 saturated carbocycles. The maximum atomic E-state index is 12.9. The maximum absolute atomic E-state index is 12.9. The summed E-state index contributed by atoms with van der Waals surface area (Å²) >= 11 is 0. The molecule has 0 radical (unpaired) electrons. The molecular weight excluding hydrogens is 362 g/mol. The van der Waals surface area contributed by atoms with E-state index in [9.17, 15) is 4.79 Å². The van der Waals surface area contributed by atoms with Gasteiger partial charge in [-0.2, -0.15) is 0 Å². The number of hydrogen-bond donors (Lipinski definition) is 1. The minimum atomic E-state index is -0.349. The molecule has 3 rings (SSSR count). The summed E-state index contributed by atoms with van der Waals surface area (Å²) in [6, 6.07) is 14.1. The fourth-order valence-electron chi connectivity index (χ4n) is 3.81. The summed E-state index contributed by atoms with van der Waals surface area (Å²) in [5.74, 6) is 0.825. The van der Waals surface area contributed by atoms with Gasteiger partial charge in [-0.05, 0) is 45.6 Å². The monoisotopic (exact) mass is 395 g/mol. The third kappa shape index (κ3) is 6.27. The number of pyridine rings is 1. The van der Waals surface area contributed by atoms with E-state index >= 15 is 0 Å². The highest BCUT2D eigenvalue weighted by atomic mass is 16.1. The Morgan fingerprint density at radius 1 is 1.14 bits per heavy atom. The van der Waals surface area contributed by atoms with E-state index in [4.69, 9.17) is 0 Å². The van der Waals surface area contributed by atoms with Gasteiger partial charge in [0.2, 0.25) is 0 Å². The molecule has 1 aliphatic rings. The van der Waals surface area contributed by atoms with Gasteiger partial charge in [-0.15, -0.1) is 0 Å². The summed E-state index contributed by atoms with van der Waals surface area (Å²) in [4.78, 5) is 24.2. The van der Waals surface area contributed by atoms with Crippen LogP contribution in [-0.4, -0.2) is 73.0 Å². The zero-order valence-electron chi connectivity index (χ0n) is 18.1. The Hall–Kier alpha value is -2.44. The lowest BCUT2D eigenvalue weighted by molar-refractivity contribution is 0.0893. The van der Waals surface area contributed by atoms with Crippen molar-refractivity contribution in [2.75, 3.05) is 51.7 Å². The van der Waals surface area contributed by atoms with Crippen molar-refractivity contribution in [3.63, 3.8) is 0 Å². The van der Waals surface area contributed by atoms with E-state index in [0.717, 1.165) is 45.1 Å². The lowest BCUT2D eigenvalue weighted by Gasteiger charge is -2.33. The van der Waals surface area contributed by atoms with Crippen LogP contribution in [0.1, 0.15) is 29.8 Å². The van der Waals surface area contributed by atoms with E-state index in [1.54, 1.807) is 12.3 Å². The van der Waals surface area contributed by atoms with Crippen LogP contribution in [0.2, 0.25) is 0 Å². The van der Waals surface area contributed by atoms with Gasteiger partial charge < -0.3 is 15.1 Å². The second kappa shape index (κ2) is 9.37. The highest BCUT2D eigenvalue weighted by Crippen LogP contribution is 2.16. The van der Waals surface area contributed by atoms with Crippen molar-refractivity contribution in [2.45, 2.75) is 25.9 Å². The van der Waals surface area contributed by atoms with E-state index in [1.165, 1.54) is 5.56 Å². The summed E-state index contributed by atoms with van der Waals surface area (Å²) in [7, 11) is 4.21. The summed E-state index contributed by atoms with van der Waals surface area (Å²) in [6.07, 6.45) is 1.73. The van der Waals surface area contributed by atoms with Crippen LogP contribution >= 0.6 is 0 Å². The number of anilines is 1. The SMILES string of the molecule is CN1CCN(c2cc(C(=O)NC(C)(C)CN(C)Cc3ccccc3)ccn2)CC1. The van der Waals surface area contributed by atoms with Crippen molar-refractivity contribution in [3.05, 3.63) is 59.8 Å². The Morgan fingerprint density at radius 2 is 1.83 bits per heavy atom. The third-order valence-corrected chi connectivity index (χ3v) is 5.25. The van der Waals surface area contributed by atoms with Crippen molar-refractivity contribution in [1.82, 2.24) is 20.1 Å². The molecule has 29 heavy (non-hydrogen) atoms. The summed E-state index contributed by atoms with van der Waals surface area (Å²) in [5.41, 5.74) is 1.58. The zero-order chi connectivity index (χ0) is 20.9. The lowest BCUT2D eigenvalue weighted by atomic mass is 10.0. The van der Waals surface area contributed by atoms with Crippen molar-refractivity contribution in [1.29, 1.82) is 0 Å². The summed E-state index contributed by atoms with van der Waals surface area (Å²) < 4.78 is 0. The van der Waals surface area contributed by atoms with Gasteiger partial charge >= 0.3 is 0 Å². The number of nitrogens with zero attached hydrogens (tertiary/aromatic N) is 4. The largest absolute Gasteiger partial charge is 0.354 e. The zero-order valence-corrected chi connectivity index (χ0v) is 18.1. The molecule has 2 heterocycles. The second-order valence-electron chi connectivity index (χ2n) is 8.69. The van der Waals surface area contributed by atoms with Crippen LogP contribution in [0.25, 0.3) is 0 Å². The number of nitrogens with one attached hydrogen (secondary N) is 1. The van der Waals surface area contributed by atoms with Gasteiger partial charge in [0.05, 0.1) is 0 Å². The molecule has 0 atom stereocenters. The molecule has 2 aromatic rings. The Balaban J connectivity index is 1.59. The third-order valence-electron chi connectivity index (χ3n) is 5.25. The van der Waals surface area contributed by atoms with Gasteiger partial charge in [-0.25, -0.2) is 4.98 Å². The average molecular weight is 396 g/mol. The van der Waals surface area contributed by atoms with Crippen molar-refractivity contribution in [3.8, 4) is 0 Å². The van der Waals surface area contributed by atoms with Crippen molar-refractivity contribution < 1.29 is 4.79 Å². The van der Waals surface area contributed by atoms with Crippen molar-refractivity contribution >= 4 is 11.7 Å². The van der Waals surface area contributed by atoms with E-state index in [2.05, 4.69) is 77.2 Å². The highest BCUT2D eigenvalue weighted by molar-refractivity contribution is 5.95. The van der Waals surface area contributed by atoms with Gasteiger partial charge in [0.15, 0.2) is 0 Å². The number of likely N-dealkylation sites (N-methyl/N-ethyl adjacent to an activating group) is 2. The van der Waals surface area contributed by atoms with Crippen LogP contribution in [0.15, 0.2) is 48.7 Å². The lowest BCUT2D eigenvalue weighted by Crippen LogP contribution is -2.50. The number of benzene rings is 1.